The Labute approximate surface area is 235 Å². The first-order valence-corrected chi connectivity index (χ1v) is 10.0. The molecule has 20 heteroatoms. The molecule has 0 bridgehead atoms. The molecule has 15 nitrogen and oxygen atoms in total. The summed E-state index contributed by atoms with van der Waals surface area (Å²) in [6.07, 6.45) is -3.48. The molecule has 3 heterocycles. The summed E-state index contributed by atoms with van der Waals surface area (Å²) in [4.78, 5) is 43.7. The van der Waals surface area contributed by atoms with Gasteiger partial charge >= 0.3 is 88.7 Å². The standard InChI is InChI=1S/C10H15N5O10P2.3Na/c11-8-5-9(13-2-12-8)15(3-14-5)10-7(17)6(16)4(24-10)1-23-27(21,22)25-26(18,19)20;;;/h2-4,6-7,10,16-17H,1H2,(H,21,22)(H2,11,12,13)(H2,18,19,20);;;/q;3*+1/p-3/t4-,6+,7-,10-;;;/m1.../s1. The van der Waals surface area contributed by atoms with Crippen LogP contribution < -0.4 is 109 Å². The zero-order valence-corrected chi connectivity index (χ0v) is 23.9. The molecular weight excluding hydrogens is 481 g/mol. The van der Waals surface area contributed by atoms with Crippen molar-refractivity contribution < 1.29 is 136 Å². The van der Waals surface area contributed by atoms with Crippen LogP contribution in [-0.4, -0.2) is 54.7 Å². The van der Waals surface area contributed by atoms with E-state index in [1.165, 1.54) is 10.9 Å². The third-order valence-corrected chi connectivity index (χ3v) is 5.66. The molecule has 2 aromatic rings. The number of nitrogens with zero attached hydrogens (tertiary/aromatic N) is 4. The summed E-state index contributed by atoms with van der Waals surface area (Å²) in [5.41, 5.74) is 6.04. The molecule has 30 heavy (non-hydrogen) atoms. The van der Waals surface area contributed by atoms with Gasteiger partial charge in [-0.1, -0.05) is 0 Å². The number of nitrogens with two attached hydrogens (primary N) is 1. The number of aromatic nitrogens is 4. The van der Waals surface area contributed by atoms with Crippen molar-refractivity contribution in [2.24, 2.45) is 0 Å². The third kappa shape index (κ3) is 7.50. The Kier molecular flexibility index (Phi) is 12.9. The minimum absolute atomic E-state index is 0. The maximum absolute atomic E-state index is 11.3. The molecule has 1 fully saturated rings. The summed E-state index contributed by atoms with van der Waals surface area (Å²) >= 11 is 0. The van der Waals surface area contributed by atoms with E-state index >= 15 is 0 Å². The van der Waals surface area contributed by atoms with Crippen LogP contribution in [0.1, 0.15) is 6.23 Å². The summed E-state index contributed by atoms with van der Waals surface area (Å²) < 4.78 is 35.7. The van der Waals surface area contributed by atoms with E-state index in [1.807, 2.05) is 0 Å². The summed E-state index contributed by atoms with van der Waals surface area (Å²) in [7, 11) is -11.4. The van der Waals surface area contributed by atoms with Gasteiger partial charge in [-0.05, 0) is 0 Å². The van der Waals surface area contributed by atoms with Gasteiger partial charge in [0.1, 0.15) is 30.2 Å². The molecule has 1 saturated heterocycles. The van der Waals surface area contributed by atoms with Crippen LogP contribution >= 0.6 is 15.6 Å². The molecule has 3 rings (SSSR count). The average molecular weight is 493 g/mol. The first-order chi connectivity index (χ1) is 12.5. The molecule has 1 aliphatic heterocycles. The van der Waals surface area contributed by atoms with Gasteiger partial charge in [0.2, 0.25) is 0 Å². The van der Waals surface area contributed by atoms with Gasteiger partial charge in [-0.2, -0.15) is 0 Å². The quantitative estimate of drug-likeness (QED) is 0.250. The summed E-state index contributed by atoms with van der Waals surface area (Å²) in [5.74, 6) is 0.0655. The Hall–Kier alpha value is 1.49. The van der Waals surface area contributed by atoms with E-state index in [0.717, 1.165) is 6.33 Å². The van der Waals surface area contributed by atoms with Crippen LogP contribution in [0.5, 0.6) is 0 Å². The van der Waals surface area contributed by atoms with Gasteiger partial charge in [0.15, 0.2) is 17.7 Å². The minimum Gasteiger partial charge on any atom is -0.790 e. The van der Waals surface area contributed by atoms with Crippen molar-refractivity contribution in [1.29, 1.82) is 0 Å². The van der Waals surface area contributed by atoms with Crippen LogP contribution in [0.3, 0.4) is 0 Å². The Morgan fingerprint density at radius 3 is 2.37 bits per heavy atom. The molecule has 0 aliphatic carbocycles. The Bertz CT molecular complexity index is 946. The second-order valence-electron chi connectivity index (χ2n) is 5.40. The number of hydrogen-bond donors (Lipinski definition) is 3. The fraction of sp³-hybridized carbons (Fsp3) is 0.500. The van der Waals surface area contributed by atoms with Gasteiger partial charge in [0.25, 0.3) is 7.82 Å². The molecule has 0 spiro atoms. The number of hydrogen-bond acceptors (Lipinski definition) is 14. The van der Waals surface area contributed by atoms with Crippen molar-refractivity contribution in [1.82, 2.24) is 19.5 Å². The van der Waals surface area contributed by atoms with Crippen LogP contribution in [0.4, 0.5) is 5.82 Å². The number of fused-ring (bicyclic) bond motifs is 1. The third-order valence-electron chi connectivity index (χ3n) is 3.60. The van der Waals surface area contributed by atoms with Gasteiger partial charge in [-0.3, -0.25) is 13.4 Å². The van der Waals surface area contributed by atoms with Crippen molar-refractivity contribution >= 4 is 32.6 Å². The molecule has 1 unspecified atom stereocenters. The minimum atomic E-state index is -5.85. The van der Waals surface area contributed by atoms with E-state index in [1.54, 1.807) is 0 Å². The molecule has 0 radical (unpaired) electrons. The number of imidazole rings is 1. The SMILES string of the molecule is Nc1ncnc2c1ncn2[C@@H]1O[C@H](COP(=O)([O-])OP(=O)([O-])[O-])[C@H](O)[C@H]1O.[Na+].[Na+].[Na+]. The number of anilines is 1. The van der Waals surface area contributed by atoms with E-state index in [0.29, 0.717) is 0 Å². The van der Waals surface area contributed by atoms with Crippen LogP contribution in [0.25, 0.3) is 11.2 Å². The number of nitrogen functional groups attached to an aromatic ring is 1. The van der Waals surface area contributed by atoms with Gasteiger partial charge in [0, 0.05) is 0 Å². The first kappa shape index (κ1) is 31.5. The van der Waals surface area contributed by atoms with Crippen molar-refractivity contribution in [3.8, 4) is 0 Å². The number of aliphatic hydroxyl groups excluding tert-OH is 2. The zero-order valence-electron chi connectivity index (χ0n) is 16.1. The zero-order chi connectivity index (χ0) is 20.0. The molecule has 0 aromatic carbocycles. The Morgan fingerprint density at radius 2 is 1.77 bits per heavy atom. The average Bonchev–Trinajstić information content (AvgIpc) is 3.07. The molecular formula is C10H12N5Na3O10P2. The largest absolute Gasteiger partial charge is 1.00 e. The van der Waals surface area contributed by atoms with Gasteiger partial charge in [-0.15, -0.1) is 0 Å². The van der Waals surface area contributed by atoms with Crippen LogP contribution in [0.2, 0.25) is 0 Å². The van der Waals surface area contributed by atoms with Crippen molar-refractivity contribution in [3.63, 3.8) is 0 Å². The van der Waals surface area contributed by atoms with Gasteiger partial charge < -0.3 is 44.5 Å². The summed E-state index contributed by atoms with van der Waals surface area (Å²) in [5, 5.41) is 20.2. The van der Waals surface area contributed by atoms with E-state index < -0.39 is 46.8 Å². The van der Waals surface area contributed by atoms with Crippen molar-refractivity contribution in [2.45, 2.75) is 24.5 Å². The van der Waals surface area contributed by atoms with Crippen LogP contribution in [0.15, 0.2) is 12.7 Å². The second-order valence-corrected chi connectivity index (χ2v) is 8.10. The number of phosphoric acid groups is 2. The molecule has 0 amide bonds. The van der Waals surface area contributed by atoms with Crippen molar-refractivity contribution in [3.05, 3.63) is 12.7 Å². The second kappa shape index (κ2) is 12.3. The topological polar surface area (TPSA) is 241 Å². The van der Waals surface area contributed by atoms with Gasteiger partial charge in [-0.25, -0.2) is 15.0 Å². The summed E-state index contributed by atoms with van der Waals surface area (Å²) in [6, 6.07) is 0. The normalized spacial score (nSPS) is 25.6. The van der Waals surface area contributed by atoms with E-state index in [4.69, 9.17) is 10.5 Å². The van der Waals surface area contributed by atoms with Crippen LogP contribution in [0, 0.1) is 0 Å². The number of ether oxygens (including phenoxy) is 1. The molecule has 2 aromatic heterocycles. The molecule has 0 saturated carbocycles. The number of phosphoric ester groups is 1. The molecule has 150 valence electrons. The van der Waals surface area contributed by atoms with E-state index in [9.17, 15) is 34.0 Å². The van der Waals surface area contributed by atoms with Crippen LogP contribution in [-0.2, 0) is 22.7 Å². The Balaban J connectivity index is 0.00000280. The fourth-order valence-corrected chi connectivity index (χ4v) is 3.96. The Morgan fingerprint density at radius 1 is 1.13 bits per heavy atom. The molecule has 1 aliphatic rings. The molecule has 5 atom stereocenters. The number of aliphatic hydroxyl groups is 2. The molecule has 4 N–H and O–H groups in total. The fourth-order valence-electron chi connectivity index (χ4n) is 2.46. The maximum atomic E-state index is 11.3. The monoisotopic (exact) mass is 493 g/mol. The van der Waals surface area contributed by atoms with Crippen molar-refractivity contribution in [2.75, 3.05) is 12.3 Å². The van der Waals surface area contributed by atoms with E-state index in [-0.39, 0.29) is 106 Å². The number of rotatable bonds is 6. The first-order valence-electron chi connectivity index (χ1n) is 7.12. The maximum Gasteiger partial charge on any atom is 1.00 e. The predicted octanol–water partition coefficient (Wildman–Crippen LogP) is -12.6. The van der Waals surface area contributed by atoms with E-state index in [2.05, 4.69) is 23.8 Å². The summed E-state index contributed by atoms with van der Waals surface area (Å²) in [6.45, 7) is -0.931. The predicted molar refractivity (Wildman–Crippen MR) is 77.9 cm³/mol. The smallest absolute Gasteiger partial charge is 0.790 e. The van der Waals surface area contributed by atoms with Gasteiger partial charge in [0.05, 0.1) is 20.8 Å².